The number of ether oxygens (including phenoxy) is 1. The average molecular weight is 239 g/mol. The summed E-state index contributed by atoms with van der Waals surface area (Å²) in [4.78, 5) is 15.8. The number of aryl methyl sites for hydroxylation is 1. The van der Waals surface area contributed by atoms with Gasteiger partial charge in [-0.2, -0.15) is 0 Å². The Hall–Kier alpha value is -1.55. The lowest BCUT2D eigenvalue weighted by atomic mass is 10.3. The van der Waals surface area contributed by atoms with E-state index in [0.29, 0.717) is 23.0 Å². The first-order valence-electron chi connectivity index (χ1n) is 4.94. The van der Waals surface area contributed by atoms with Crippen LogP contribution in [0.15, 0.2) is 18.3 Å². The van der Waals surface area contributed by atoms with Crippen molar-refractivity contribution in [3.63, 3.8) is 0 Å². The highest BCUT2D eigenvalue weighted by atomic mass is 35.5. The minimum atomic E-state index is -0.376. The van der Waals surface area contributed by atoms with Gasteiger partial charge in [0, 0.05) is 11.9 Å². The number of aromatic nitrogens is 2. The van der Waals surface area contributed by atoms with E-state index in [1.807, 2.05) is 6.92 Å². The highest BCUT2D eigenvalue weighted by molar-refractivity contribution is 6.29. The summed E-state index contributed by atoms with van der Waals surface area (Å²) in [6.45, 7) is 4.01. The first kappa shape index (κ1) is 11.0. The third-order valence-electron chi connectivity index (χ3n) is 2.28. The summed E-state index contributed by atoms with van der Waals surface area (Å²) in [6, 6.07) is 3.42. The van der Waals surface area contributed by atoms with Crippen LogP contribution in [0.3, 0.4) is 0 Å². The van der Waals surface area contributed by atoms with E-state index in [1.165, 1.54) is 0 Å². The number of nitrogens with zero attached hydrogens (tertiary/aromatic N) is 2. The molecule has 2 heterocycles. The van der Waals surface area contributed by atoms with Gasteiger partial charge < -0.3 is 9.14 Å². The first-order chi connectivity index (χ1) is 7.63. The number of rotatable bonds is 2. The number of carbonyl (C=O) groups is 1. The summed E-state index contributed by atoms with van der Waals surface area (Å²) < 4.78 is 6.74. The van der Waals surface area contributed by atoms with E-state index >= 15 is 0 Å². The van der Waals surface area contributed by atoms with E-state index in [0.717, 1.165) is 5.69 Å². The SMILES string of the molecule is CCOC(=O)c1ccn2c(C)cc(Cl)nc12. The zero-order valence-corrected chi connectivity index (χ0v) is 9.78. The van der Waals surface area contributed by atoms with Crippen LogP contribution < -0.4 is 0 Å². The van der Waals surface area contributed by atoms with Gasteiger partial charge in [0.2, 0.25) is 0 Å². The Labute approximate surface area is 97.8 Å². The monoisotopic (exact) mass is 238 g/mol. The fraction of sp³-hybridized carbons (Fsp3) is 0.273. The summed E-state index contributed by atoms with van der Waals surface area (Å²) in [5.74, 6) is -0.376. The molecular weight excluding hydrogens is 228 g/mol. The molecule has 2 rings (SSSR count). The summed E-state index contributed by atoms with van der Waals surface area (Å²) >= 11 is 5.86. The van der Waals surface area contributed by atoms with Gasteiger partial charge in [-0.05, 0) is 26.0 Å². The van der Waals surface area contributed by atoms with Crippen molar-refractivity contribution in [2.24, 2.45) is 0 Å². The molecule has 0 saturated carbocycles. The molecular formula is C11H11ClN2O2. The van der Waals surface area contributed by atoms with Gasteiger partial charge in [0.25, 0.3) is 0 Å². The van der Waals surface area contributed by atoms with Crippen molar-refractivity contribution in [2.45, 2.75) is 13.8 Å². The maximum atomic E-state index is 11.6. The standard InChI is InChI=1S/C11H11ClN2O2/c1-3-16-11(15)8-4-5-14-7(2)6-9(12)13-10(8)14/h4-6H,3H2,1-2H3. The predicted molar refractivity (Wildman–Crippen MR) is 60.9 cm³/mol. The van der Waals surface area contributed by atoms with E-state index in [-0.39, 0.29) is 5.97 Å². The molecule has 0 aromatic carbocycles. The zero-order valence-electron chi connectivity index (χ0n) is 9.03. The molecule has 0 radical (unpaired) electrons. The molecule has 0 aliphatic rings. The first-order valence-corrected chi connectivity index (χ1v) is 5.32. The summed E-state index contributed by atoms with van der Waals surface area (Å²) in [5.41, 5.74) is 1.89. The number of halogens is 1. The molecule has 0 N–H and O–H groups in total. The van der Waals surface area contributed by atoms with Gasteiger partial charge in [-0.1, -0.05) is 11.6 Å². The number of esters is 1. The Bertz CT molecular complexity index is 548. The fourth-order valence-corrected chi connectivity index (χ4v) is 1.80. The van der Waals surface area contributed by atoms with Crippen LogP contribution >= 0.6 is 11.6 Å². The minimum absolute atomic E-state index is 0.343. The van der Waals surface area contributed by atoms with Gasteiger partial charge in [0.1, 0.15) is 10.7 Å². The van der Waals surface area contributed by atoms with E-state index in [1.54, 1.807) is 29.7 Å². The van der Waals surface area contributed by atoms with Crippen molar-refractivity contribution in [3.05, 3.63) is 34.7 Å². The van der Waals surface area contributed by atoms with Gasteiger partial charge >= 0.3 is 5.97 Å². The lowest BCUT2D eigenvalue weighted by Gasteiger charge is -2.03. The Morgan fingerprint density at radius 3 is 3.06 bits per heavy atom. The van der Waals surface area contributed by atoms with Gasteiger partial charge in [0.15, 0.2) is 5.65 Å². The van der Waals surface area contributed by atoms with Gasteiger partial charge in [-0.3, -0.25) is 0 Å². The molecule has 0 unspecified atom stereocenters. The van der Waals surface area contributed by atoms with Crippen molar-refractivity contribution in [3.8, 4) is 0 Å². The molecule has 5 heteroatoms. The molecule has 0 atom stereocenters. The highest BCUT2D eigenvalue weighted by Crippen LogP contribution is 2.17. The Morgan fingerprint density at radius 1 is 1.62 bits per heavy atom. The van der Waals surface area contributed by atoms with Crippen molar-refractivity contribution in [1.29, 1.82) is 0 Å². The second-order valence-corrected chi connectivity index (χ2v) is 3.75. The van der Waals surface area contributed by atoms with E-state index < -0.39 is 0 Å². The fourth-order valence-electron chi connectivity index (χ4n) is 1.57. The van der Waals surface area contributed by atoms with Crippen molar-refractivity contribution >= 4 is 23.2 Å². The smallest absolute Gasteiger partial charge is 0.341 e. The van der Waals surface area contributed by atoms with Crippen LogP contribution in [0.1, 0.15) is 23.0 Å². The zero-order chi connectivity index (χ0) is 11.7. The molecule has 84 valence electrons. The largest absolute Gasteiger partial charge is 0.462 e. The number of carbonyl (C=O) groups excluding carboxylic acids is 1. The second-order valence-electron chi connectivity index (χ2n) is 3.36. The molecule has 4 nitrogen and oxygen atoms in total. The second kappa shape index (κ2) is 4.14. The van der Waals surface area contributed by atoms with Crippen molar-refractivity contribution in [1.82, 2.24) is 9.38 Å². The number of hydrogen-bond acceptors (Lipinski definition) is 3. The summed E-state index contributed by atoms with van der Waals surface area (Å²) in [7, 11) is 0. The maximum Gasteiger partial charge on any atom is 0.341 e. The molecule has 0 spiro atoms. The number of fused-ring (bicyclic) bond motifs is 1. The molecule has 0 fully saturated rings. The average Bonchev–Trinajstić information content (AvgIpc) is 2.61. The van der Waals surface area contributed by atoms with Gasteiger partial charge in [0.05, 0.1) is 6.61 Å². The Balaban J connectivity index is 2.60. The third kappa shape index (κ3) is 1.76. The lowest BCUT2D eigenvalue weighted by molar-refractivity contribution is 0.0528. The third-order valence-corrected chi connectivity index (χ3v) is 2.47. The van der Waals surface area contributed by atoms with Crippen molar-refractivity contribution < 1.29 is 9.53 Å². The molecule has 0 aliphatic heterocycles. The molecule has 2 aromatic heterocycles. The molecule has 16 heavy (non-hydrogen) atoms. The van der Waals surface area contributed by atoms with Crippen molar-refractivity contribution in [2.75, 3.05) is 6.61 Å². The van der Waals surface area contributed by atoms with E-state index in [2.05, 4.69) is 4.98 Å². The molecule has 0 amide bonds. The van der Waals surface area contributed by atoms with Crippen LogP contribution in [-0.2, 0) is 4.74 Å². The predicted octanol–water partition coefficient (Wildman–Crippen LogP) is 2.47. The summed E-state index contributed by atoms with van der Waals surface area (Å²) in [6.07, 6.45) is 1.78. The molecule has 0 aliphatic carbocycles. The molecule has 0 saturated heterocycles. The van der Waals surface area contributed by atoms with Crippen LogP contribution in [0, 0.1) is 6.92 Å². The lowest BCUT2D eigenvalue weighted by Crippen LogP contribution is -2.05. The minimum Gasteiger partial charge on any atom is -0.462 e. The maximum absolute atomic E-state index is 11.6. The topological polar surface area (TPSA) is 43.6 Å². The van der Waals surface area contributed by atoms with Crippen LogP contribution in [0.4, 0.5) is 0 Å². The Morgan fingerprint density at radius 2 is 2.38 bits per heavy atom. The van der Waals surface area contributed by atoms with Crippen LogP contribution in [0.2, 0.25) is 5.15 Å². The van der Waals surface area contributed by atoms with Gasteiger partial charge in [-0.25, -0.2) is 9.78 Å². The molecule has 0 bridgehead atoms. The van der Waals surface area contributed by atoms with Gasteiger partial charge in [-0.15, -0.1) is 0 Å². The van der Waals surface area contributed by atoms with Crippen LogP contribution in [0.25, 0.3) is 5.65 Å². The quantitative estimate of drug-likeness (QED) is 0.596. The van der Waals surface area contributed by atoms with Crippen LogP contribution in [-0.4, -0.2) is 22.0 Å². The Kier molecular flexibility index (Phi) is 2.83. The summed E-state index contributed by atoms with van der Waals surface area (Å²) in [5, 5.41) is 0.370. The highest BCUT2D eigenvalue weighted by Gasteiger charge is 2.14. The number of hydrogen-bond donors (Lipinski definition) is 0. The molecule has 2 aromatic rings. The normalized spacial score (nSPS) is 10.7. The van der Waals surface area contributed by atoms with E-state index in [4.69, 9.17) is 16.3 Å². The van der Waals surface area contributed by atoms with E-state index in [9.17, 15) is 4.79 Å². The van der Waals surface area contributed by atoms with Crippen LogP contribution in [0.5, 0.6) is 0 Å².